The van der Waals surface area contributed by atoms with Gasteiger partial charge in [-0.05, 0) is 56.6 Å². The van der Waals surface area contributed by atoms with E-state index in [9.17, 15) is 14.7 Å². The number of hydrogen-bond donors (Lipinski definition) is 1. The highest BCUT2D eigenvalue weighted by molar-refractivity contribution is 7.19. The number of pyridine rings is 1. The summed E-state index contributed by atoms with van der Waals surface area (Å²) in [5, 5.41) is 11.3. The van der Waals surface area contributed by atoms with Gasteiger partial charge in [0.1, 0.15) is 4.83 Å². The van der Waals surface area contributed by atoms with Crippen molar-refractivity contribution in [1.82, 2.24) is 4.57 Å². The molecule has 0 aliphatic heterocycles. The van der Waals surface area contributed by atoms with Gasteiger partial charge in [0.2, 0.25) is 0 Å². The predicted octanol–water partition coefficient (Wildman–Crippen LogP) is 6.30. The van der Waals surface area contributed by atoms with Crippen molar-refractivity contribution in [2.75, 3.05) is 0 Å². The lowest BCUT2D eigenvalue weighted by atomic mass is 9.84. The number of aliphatic carboxylic acids is 1. The Morgan fingerprint density at radius 1 is 1.13 bits per heavy atom. The van der Waals surface area contributed by atoms with Crippen molar-refractivity contribution < 1.29 is 9.90 Å². The molecule has 0 radical (unpaired) electrons. The van der Waals surface area contributed by atoms with E-state index in [-0.39, 0.29) is 5.56 Å². The quantitative estimate of drug-likeness (QED) is 0.472. The van der Waals surface area contributed by atoms with Crippen LogP contribution in [0.3, 0.4) is 0 Å². The number of carboxylic acid groups (broad SMARTS) is 1. The minimum atomic E-state index is -0.904. The molecule has 1 aromatic carbocycles. The first-order valence-corrected chi connectivity index (χ1v) is 12.3. The van der Waals surface area contributed by atoms with Crippen LogP contribution >= 0.6 is 11.3 Å². The van der Waals surface area contributed by atoms with E-state index in [4.69, 9.17) is 0 Å². The van der Waals surface area contributed by atoms with Crippen LogP contribution < -0.4 is 5.56 Å². The zero-order chi connectivity index (χ0) is 22.1. The third kappa shape index (κ3) is 3.84. The largest absolute Gasteiger partial charge is 0.481 e. The highest BCUT2D eigenvalue weighted by Gasteiger charge is 2.31. The van der Waals surface area contributed by atoms with Gasteiger partial charge in [0.25, 0.3) is 5.56 Å². The Bertz CT molecular complexity index is 1170. The second-order valence-electron chi connectivity index (χ2n) is 8.68. The molecule has 4 rings (SSSR count). The number of aryl methyl sites for hydroxylation is 4. The topological polar surface area (TPSA) is 59.3 Å². The maximum Gasteiger partial charge on any atom is 0.311 e. The van der Waals surface area contributed by atoms with Crippen LogP contribution in [0, 0.1) is 6.92 Å². The number of rotatable bonds is 7. The predicted molar refractivity (Wildman–Crippen MR) is 128 cm³/mol. The lowest BCUT2D eigenvalue weighted by molar-refractivity contribution is -0.139. The zero-order valence-electron chi connectivity index (χ0n) is 18.7. The number of aromatic nitrogens is 1. The van der Waals surface area contributed by atoms with Gasteiger partial charge in [-0.25, -0.2) is 0 Å². The average Bonchev–Trinajstić information content (AvgIpc) is 3.14. The molecular weight excluding hydrogens is 406 g/mol. The Labute approximate surface area is 187 Å². The molecule has 0 saturated carbocycles. The van der Waals surface area contributed by atoms with Crippen molar-refractivity contribution in [3.8, 4) is 11.1 Å². The number of hydrogen-bond acceptors (Lipinski definition) is 3. The van der Waals surface area contributed by atoms with Gasteiger partial charge in [-0.2, -0.15) is 0 Å². The summed E-state index contributed by atoms with van der Waals surface area (Å²) in [6, 6.07) is 8.21. The molecule has 2 aromatic heterocycles. The van der Waals surface area contributed by atoms with Crippen LogP contribution in [0.25, 0.3) is 21.3 Å². The summed E-state index contributed by atoms with van der Waals surface area (Å²) in [5.41, 5.74) is 4.67. The highest BCUT2D eigenvalue weighted by atomic mass is 32.1. The molecule has 0 spiro atoms. The minimum Gasteiger partial charge on any atom is -0.481 e. The van der Waals surface area contributed by atoms with Gasteiger partial charge in [0.05, 0.1) is 5.92 Å². The molecule has 1 N–H and O–H groups in total. The summed E-state index contributed by atoms with van der Waals surface area (Å²) >= 11 is 1.75. The number of carboxylic acids is 1. The third-order valence-corrected chi connectivity index (χ3v) is 7.72. The zero-order valence-corrected chi connectivity index (χ0v) is 19.5. The van der Waals surface area contributed by atoms with Crippen molar-refractivity contribution in [2.45, 2.75) is 78.2 Å². The van der Waals surface area contributed by atoms with Crippen LogP contribution in [0.15, 0.2) is 29.1 Å². The summed E-state index contributed by atoms with van der Waals surface area (Å²) in [7, 11) is 0. The summed E-state index contributed by atoms with van der Waals surface area (Å²) in [5.74, 6) is -1.70. The standard InChI is InChI=1S/C26H31NO3S/c1-4-8-19(26(29)30)22-21(17-13-11-16(3)12-14-17)23-18-9-6-7-10-20(18)31-25(23)27(15-5-2)24(22)28/h11-14,19H,4-10,15H2,1-3H3,(H,29,30). The molecule has 1 aliphatic carbocycles. The summed E-state index contributed by atoms with van der Waals surface area (Å²) in [6.07, 6.45) is 6.40. The first-order chi connectivity index (χ1) is 15.0. The van der Waals surface area contributed by atoms with Crippen LogP contribution in [0.1, 0.15) is 73.4 Å². The molecule has 1 aliphatic rings. The Hall–Kier alpha value is -2.40. The van der Waals surface area contributed by atoms with Gasteiger partial charge < -0.3 is 5.11 Å². The van der Waals surface area contributed by atoms with Crippen molar-refractivity contribution in [3.63, 3.8) is 0 Å². The van der Waals surface area contributed by atoms with Crippen LogP contribution in [0.2, 0.25) is 0 Å². The molecule has 31 heavy (non-hydrogen) atoms. The number of thiophene rings is 1. The molecule has 164 valence electrons. The number of nitrogens with zero attached hydrogens (tertiary/aromatic N) is 1. The first-order valence-electron chi connectivity index (χ1n) is 11.5. The van der Waals surface area contributed by atoms with Gasteiger partial charge in [-0.15, -0.1) is 11.3 Å². The normalized spacial score (nSPS) is 14.5. The molecule has 1 atom stereocenters. The fraction of sp³-hybridized carbons (Fsp3) is 0.462. The van der Waals surface area contributed by atoms with Gasteiger partial charge >= 0.3 is 5.97 Å². The monoisotopic (exact) mass is 437 g/mol. The van der Waals surface area contributed by atoms with Gasteiger partial charge in [0, 0.05) is 27.9 Å². The fourth-order valence-corrected chi connectivity index (χ4v) is 6.35. The Kier molecular flexibility index (Phi) is 6.33. The Morgan fingerprint density at radius 2 is 1.84 bits per heavy atom. The lowest BCUT2D eigenvalue weighted by Crippen LogP contribution is -2.29. The third-order valence-electron chi connectivity index (χ3n) is 6.40. The molecule has 4 nitrogen and oxygen atoms in total. The van der Waals surface area contributed by atoms with Gasteiger partial charge in [-0.1, -0.05) is 50.1 Å². The van der Waals surface area contributed by atoms with Crippen LogP contribution in [0.5, 0.6) is 0 Å². The maximum atomic E-state index is 13.9. The average molecular weight is 438 g/mol. The number of fused-ring (bicyclic) bond motifs is 3. The number of benzene rings is 1. The fourth-order valence-electron chi connectivity index (χ4n) is 4.93. The van der Waals surface area contributed by atoms with Crippen LogP contribution in [0.4, 0.5) is 0 Å². The summed E-state index contributed by atoms with van der Waals surface area (Å²) in [4.78, 5) is 28.6. The molecule has 0 amide bonds. The highest BCUT2D eigenvalue weighted by Crippen LogP contribution is 2.44. The van der Waals surface area contributed by atoms with Crippen molar-refractivity contribution >= 4 is 27.5 Å². The second-order valence-corrected chi connectivity index (χ2v) is 9.77. The maximum absolute atomic E-state index is 13.9. The first kappa shape index (κ1) is 21.8. The van der Waals surface area contributed by atoms with E-state index in [1.54, 1.807) is 11.3 Å². The van der Waals surface area contributed by atoms with E-state index in [1.165, 1.54) is 16.9 Å². The number of carbonyl (C=O) groups is 1. The van der Waals surface area contributed by atoms with Gasteiger partial charge in [0.15, 0.2) is 0 Å². The minimum absolute atomic E-state index is 0.121. The van der Waals surface area contributed by atoms with E-state index in [1.807, 2.05) is 18.4 Å². The van der Waals surface area contributed by atoms with Crippen LogP contribution in [-0.4, -0.2) is 15.6 Å². The Balaban J connectivity index is 2.18. The Morgan fingerprint density at radius 3 is 2.48 bits per heavy atom. The van der Waals surface area contributed by atoms with Crippen molar-refractivity contribution in [3.05, 3.63) is 56.2 Å². The SMILES string of the molecule is CCCC(C(=O)O)c1c(-c2ccc(C)cc2)c2c3c(sc2n(CCC)c1=O)CCCC3. The molecule has 0 saturated heterocycles. The molecule has 2 heterocycles. The van der Waals surface area contributed by atoms with Crippen molar-refractivity contribution in [2.24, 2.45) is 0 Å². The van der Waals surface area contributed by atoms with Gasteiger partial charge in [-0.3, -0.25) is 14.2 Å². The molecule has 1 unspecified atom stereocenters. The van der Waals surface area contributed by atoms with E-state index in [0.29, 0.717) is 18.5 Å². The molecule has 5 heteroatoms. The van der Waals surface area contributed by atoms with E-state index in [0.717, 1.165) is 59.0 Å². The van der Waals surface area contributed by atoms with E-state index >= 15 is 0 Å². The summed E-state index contributed by atoms with van der Waals surface area (Å²) < 4.78 is 1.87. The molecular formula is C26H31NO3S. The molecule has 0 bridgehead atoms. The molecule has 0 fully saturated rings. The smallest absolute Gasteiger partial charge is 0.311 e. The van der Waals surface area contributed by atoms with Crippen molar-refractivity contribution in [1.29, 1.82) is 0 Å². The molecule has 3 aromatic rings. The van der Waals surface area contributed by atoms with E-state index in [2.05, 4.69) is 31.2 Å². The second kappa shape index (κ2) is 8.99. The lowest BCUT2D eigenvalue weighted by Gasteiger charge is -2.21. The van der Waals surface area contributed by atoms with E-state index < -0.39 is 11.9 Å². The van der Waals surface area contributed by atoms with Crippen LogP contribution in [-0.2, 0) is 24.2 Å². The summed E-state index contributed by atoms with van der Waals surface area (Å²) in [6.45, 7) is 6.72.